The van der Waals surface area contributed by atoms with E-state index < -0.39 is 0 Å². The number of hydrogen-bond acceptors (Lipinski definition) is 5. The van der Waals surface area contributed by atoms with Gasteiger partial charge in [-0.15, -0.1) is 16.4 Å². The third-order valence-electron chi connectivity index (χ3n) is 3.52. The quantitative estimate of drug-likeness (QED) is 0.688. The van der Waals surface area contributed by atoms with E-state index in [0.717, 1.165) is 16.9 Å². The minimum atomic E-state index is -0.0987. The summed E-state index contributed by atoms with van der Waals surface area (Å²) in [5, 5.41) is 9.79. The molecule has 0 saturated heterocycles. The second-order valence-electron chi connectivity index (χ2n) is 4.78. The molecule has 4 rings (SSSR count). The van der Waals surface area contributed by atoms with Gasteiger partial charge in [-0.1, -0.05) is 23.4 Å². The summed E-state index contributed by atoms with van der Waals surface area (Å²) in [5.74, 6) is -0.0987. The predicted molar refractivity (Wildman–Crippen MR) is 78.2 cm³/mol. The Morgan fingerprint density at radius 1 is 1.24 bits per heavy atom. The number of benzene rings is 1. The van der Waals surface area contributed by atoms with Gasteiger partial charge in [-0.2, -0.15) is 0 Å². The van der Waals surface area contributed by atoms with E-state index in [4.69, 9.17) is 0 Å². The van der Waals surface area contributed by atoms with Crippen LogP contribution in [-0.4, -0.2) is 25.9 Å². The van der Waals surface area contributed by atoms with Crippen molar-refractivity contribution >= 4 is 22.9 Å². The number of amides is 1. The maximum absolute atomic E-state index is 12.7. The van der Waals surface area contributed by atoms with Gasteiger partial charge in [0, 0.05) is 11.1 Å². The van der Waals surface area contributed by atoms with E-state index in [-0.39, 0.29) is 5.91 Å². The summed E-state index contributed by atoms with van der Waals surface area (Å²) >= 11 is 1.42. The highest BCUT2D eigenvalue weighted by Crippen LogP contribution is 2.28. The zero-order valence-electron chi connectivity index (χ0n) is 11.0. The van der Waals surface area contributed by atoms with E-state index in [0.29, 0.717) is 18.8 Å². The van der Waals surface area contributed by atoms with Gasteiger partial charge in [0.15, 0.2) is 0 Å². The fourth-order valence-corrected chi connectivity index (χ4v) is 3.01. The van der Waals surface area contributed by atoms with Gasteiger partial charge in [0.2, 0.25) is 0 Å². The molecule has 1 aliphatic heterocycles. The lowest BCUT2D eigenvalue weighted by Gasteiger charge is -2.21. The van der Waals surface area contributed by atoms with Gasteiger partial charge in [0.05, 0.1) is 30.5 Å². The molecule has 7 heteroatoms. The molecule has 1 amide bonds. The lowest BCUT2D eigenvalue weighted by molar-refractivity contribution is 0.0981. The van der Waals surface area contributed by atoms with Crippen LogP contribution in [0.5, 0.6) is 0 Å². The van der Waals surface area contributed by atoms with E-state index >= 15 is 0 Å². The van der Waals surface area contributed by atoms with Crippen LogP contribution in [0.4, 0.5) is 5.69 Å². The summed E-state index contributed by atoms with van der Waals surface area (Å²) in [4.78, 5) is 18.6. The molecular weight excluding hydrogens is 286 g/mol. The van der Waals surface area contributed by atoms with Crippen LogP contribution in [0.15, 0.2) is 41.4 Å². The minimum Gasteiger partial charge on any atom is -0.301 e. The Hall–Kier alpha value is -2.54. The molecule has 104 valence electrons. The zero-order chi connectivity index (χ0) is 14.2. The molecule has 0 aliphatic carbocycles. The van der Waals surface area contributed by atoms with Crippen molar-refractivity contribution in [2.45, 2.75) is 13.1 Å². The molecule has 2 aromatic heterocycles. The Balaban J connectivity index is 1.84. The summed E-state index contributed by atoms with van der Waals surface area (Å²) in [5.41, 5.74) is 5.00. The number of para-hydroxylation sites is 1. The minimum absolute atomic E-state index is 0.0987. The number of aromatic nitrogens is 4. The fourth-order valence-electron chi connectivity index (χ4n) is 2.49. The van der Waals surface area contributed by atoms with E-state index in [1.807, 2.05) is 28.9 Å². The van der Waals surface area contributed by atoms with Crippen molar-refractivity contribution in [3.63, 3.8) is 0 Å². The summed E-state index contributed by atoms with van der Waals surface area (Å²) in [6, 6.07) is 7.87. The zero-order valence-corrected chi connectivity index (χ0v) is 11.8. The monoisotopic (exact) mass is 297 g/mol. The summed E-state index contributed by atoms with van der Waals surface area (Å²) in [7, 11) is 0. The second-order valence-corrected chi connectivity index (χ2v) is 5.50. The molecular formula is C14H11N5OS. The summed E-state index contributed by atoms with van der Waals surface area (Å²) < 4.78 is 1.83. The van der Waals surface area contributed by atoms with Gasteiger partial charge < -0.3 is 4.90 Å². The largest absolute Gasteiger partial charge is 0.301 e. The molecule has 6 nitrogen and oxygen atoms in total. The number of thiazole rings is 1. The van der Waals surface area contributed by atoms with Crippen LogP contribution in [-0.2, 0) is 13.1 Å². The number of fused-ring (bicyclic) bond motifs is 2. The molecule has 0 saturated carbocycles. The van der Waals surface area contributed by atoms with Gasteiger partial charge in [0.25, 0.3) is 5.91 Å². The van der Waals surface area contributed by atoms with Crippen LogP contribution in [0, 0.1) is 0 Å². The first kappa shape index (κ1) is 12.2. The average molecular weight is 297 g/mol. The first-order valence-corrected chi connectivity index (χ1v) is 7.42. The lowest BCUT2D eigenvalue weighted by Crippen LogP contribution is -2.30. The van der Waals surface area contributed by atoms with Crippen LogP contribution >= 0.6 is 11.3 Å². The molecule has 1 aliphatic rings. The predicted octanol–water partition coefficient (Wildman–Crippen LogP) is 1.94. The van der Waals surface area contributed by atoms with Crippen molar-refractivity contribution in [2.75, 3.05) is 4.90 Å². The molecule has 0 radical (unpaired) electrons. The maximum atomic E-state index is 12.7. The number of carbonyl (C=O) groups is 1. The van der Waals surface area contributed by atoms with Crippen LogP contribution in [0.1, 0.15) is 21.7 Å². The number of carbonyl (C=O) groups excluding carboxylic acids is 1. The van der Waals surface area contributed by atoms with Crippen LogP contribution < -0.4 is 4.90 Å². The van der Waals surface area contributed by atoms with Crippen molar-refractivity contribution in [2.24, 2.45) is 0 Å². The normalized spacial score (nSPS) is 13.4. The van der Waals surface area contributed by atoms with E-state index in [9.17, 15) is 4.79 Å². The average Bonchev–Trinajstić information content (AvgIpc) is 3.15. The van der Waals surface area contributed by atoms with E-state index in [1.54, 1.807) is 22.0 Å². The smallest absolute Gasteiger partial charge is 0.278 e. The van der Waals surface area contributed by atoms with Crippen molar-refractivity contribution in [1.29, 1.82) is 0 Å². The number of hydrogen-bond donors (Lipinski definition) is 0. The molecule has 3 aromatic rings. The number of rotatable bonds is 1. The fraction of sp³-hybridized carbons (Fsp3) is 0.143. The van der Waals surface area contributed by atoms with Crippen LogP contribution in [0.25, 0.3) is 0 Å². The first-order chi connectivity index (χ1) is 10.3. The summed E-state index contributed by atoms with van der Waals surface area (Å²) in [6.07, 6.45) is 1.70. The Kier molecular flexibility index (Phi) is 2.78. The van der Waals surface area contributed by atoms with Crippen molar-refractivity contribution in [3.05, 3.63) is 58.3 Å². The summed E-state index contributed by atoms with van der Waals surface area (Å²) in [6.45, 7) is 1.06. The Morgan fingerprint density at radius 2 is 2.14 bits per heavy atom. The maximum Gasteiger partial charge on any atom is 0.278 e. The van der Waals surface area contributed by atoms with Gasteiger partial charge in [-0.05, 0) is 11.6 Å². The van der Waals surface area contributed by atoms with Crippen LogP contribution in [0.3, 0.4) is 0 Å². The molecule has 0 spiro atoms. The molecule has 21 heavy (non-hydrogen) atoms. The third-order valence-corrected chi connectivity index (χ3v) is 4.10. The third kappa shape index (κ3) is 2.02. The van der Waals surface area contributed by atoms with Gasteiger partial charge >= 0.3 is 0 Å². The van der Waals surface area contributed by atoms with Gasteiger partial charge in [0.1, 0.15) is 5.69 Å². The molecule has 0 N–H and O–H groups in total. The highest BCUT2D eigenvalue weighted by Gasteiger charge is 2.26. The Labute approximate surface area is 124 Å². The highest BCUT2D eigenvalue weighted by atomic mass is 32.1. The first-order valence-electron chi connectivity index (χ1n) is 6.48. The molecule has 0 bridgehead atoms. The SMILES string of the molecule is O=C(c1cscn1)N1Cc2cnnn2Cc2ccccc21. The van der Waals surface area contributed by atoms with E-state index in [2.05, 4.69) is 15.3 Å². The Morgan fingerprint density at radius 3 is 3.00 bits per heavy atom. The topological polar surface area (TPSA) is 63.9 Å². The molecule has 0 atom stereocenters. The van der Waals surface area contributed by atoms with E-state index in [1.165, 1.54) is 11.3 Å². The van der Waals surface area contributed by atoms with Crippen molar-refractivity contribution in [1.82, 2.24) is 20.0 Å². The highest BCUT2D eigenvalue weighted by molar-refractivity contribution is 7.07. The lowest BCUT2D eigenvalue weighted by atomic mass is 10.1. The molecule has 0 fully saturated rings. The van der Waals surface area contributed by atoms with Gasteiger partial charge in [-0.3, -0.25) is 4.79 Å². The molecule has 1 aromatic carbocycles. The van der Waals surface area contributed by atoms with Crippen molar-refractivity contribution < 1.29 is 4.79 Å². The number of anilines is 1. The van der Waals surface area contributed by atoms with Crippen LogP contribution in [0.2, 0.25) is 0 Å². The second kappa shape index (κ2) is 4.78. The van der Waals surface area contributed by atoms with Gasteiger partial charge in [-0.25, -0.2) is 9.67 Å². The van der Waals surface area contributed by atoms with Crippen molar-refractivity contribution in [3.8, 4) is 0 Å². The standard InChI is InChI=1S/C14H11N5OS/c20-14(12-8-21-9-15-12)18-7-11-5-16-17-19(11)6-10-3-1-2-4-13(10)18/h1-5,8-9H,6-7H2. The Bertz CT molecular complexity index is 795. The molecule has 3 heterocycles. The molecule has 0 unspecified atom stereocenters. The number of nitrogens with zero attached hydrogens (tertiary/aromatic N) is 5.